The second-order valence-electron chi connectivity index (χ2n) is 3.00. The van der Waals surface area contributed by atoms with E-state index in [4.69, 9.17) is 0 Å². The van der Waals surface area contributed by atoms with Crippen LogP contribution in [0.15, 0.2) is 18.2 Å². The molecular weight excluding hydrogens is 149 g/mol. The van der Waals surface area contributed by atoms with E-state index in [2.05, 4.69) is 5.32 Å². The van der Waals surface area contributed by atoms with Crippen LogP contribution in [0.4, 0.5) is 5.69 Å². The Morgan fingerprint density at radius 1 is 1.50 bits per heavy atom. The van der Waals surface area contributed by atoms with Crippen LogP contribution in [0.5, 0.6) is 0 Å². The van der Waals surface area contributed by atoms with Crippen LogP contribution in [0.25, 0.3) is 0 Å². The topological polar surface area (TPSA) is 29.1 Å². The maximum atomic E-state index is 10.7. The first-order valence-corrected chi connectivity index (χ1v) is 3.94. The molecule has 0 saturated carbocycles. The smallest absolute Gasteiger partial charge is 0.221 e. The number of nitrogens with one attached hydrogen (secondary N) is 1. The zero-order valence-corrected chi connectivity index (χ0v) is 7.64. The van der Waals surface area contributed by atoms with Gasteiger partial charge in [0, 0.05) is 12.6 Å². The minimum Gasteiger partial charge on any atom is -0.326 e. The number of rotatable bonds is 1. The number of carbonyl (C=O) groups is 1. The van der Waals surface area contributed by atoms with E-state index >= 15 is 0 Å². The van der Waals surface area contributed by atoms with E-state index in [1.807, 2.05) is 33.0 Å². The van der Waals surface area contributed by atoms with Crippen molar-refractivity contribution >= 4 is 24.9 Å². The van der Waals surface area contributed by atoms with Gasteiger partial charge in [-0.3, -0.25) is 4.79 Å². The van der Waals surface area contributed by atoms with Crippen molar-refractivity contribution < 1.29 is 4.79 Å². The molecule has 12 heavy (non-hydrogen) atoms. The summed E-state index contributed by atoms with van der Waals surface area (Å²) in [6.07, 6.45) is 0. The fraction of sp³-hybridized carbons (Fsp3) is 0.222. The predicted octanol–water partition coefficient (Wildman–Crippen LogP) is 0.212. The first kappa shape index (κ1) is 8.85. The monoisotopic (exact) mass is 161 g/mol. The maximum Gasteiger partial charge on any atom is 0.221 e. The van der Waals surface area contributed by atoms with Gasteiger partial charge in [0.1, 0.15) is 7.85 Å². The zero-order valence-electron chi connectivity index (χ0n) is 7.64. The van der Waals surface area contributed by atoms with Gasteiger partial charge < -0.3 is 5.32 Å². The zero-order chi connectivity index (χ0) is 9.14. The van der Waals surface area contributed by atoms with E-state index in [-0.39, 0.29) is 5.91 Å². The van der Waals surface area contributed by atoms with E-state index in [1.54, 1.807) is 0 Å². The lowest BCUT2D eigenvalue weighted by Crippen LogP contribution is -2.10. The van der Waals surface area contributed by atoms with Gasteiger partial charge in [0.2, 0.25) is 5.91 Å². The second kappa shape index (κ2) is 3.43. The van der Waals surface area contributed by atoms with Crippen molar-refractivity contribution in [1.82, 2.24) is 0 Å². The number of aryl methyl sites for hydroxylation is 1. The van der Waals surface area contributed by atoms with Gasteiger partial charge in [0.05, 0.1) is 0 Å². The fourth-order valence-electron chi connectivity index (χ4n) is 1.14. The highest BCUT2D eigenvalue weighted by molar-refractivity contribution is 6.32. The van der Waals surface area contributed by atoms with Crippen LogP contribution in [0, 0.1) is 6.92 Å². The molecule has 0 saturated heterocycles. The summed E-state index contributed by atoms with van der Waals surface area (Å²) in [5, 5.41) is 2.76. The van der Waals surface area contributed by atoms with Crippen LogP contribution < -0.4 is 10.8 Å². The molecular formula is C9H12BNO. The van der Waals surface area contributed by atoms with Gasteiger partial charge in [-0.05, 0) is 18.6 Å². The Morgan fingerprint density at radius 3 is 2.67 bits per heavy atom. The van der Waals surface area contributed by atoms with Crippen LogP contribution in [0.1, 0.15) is 12.5 Å². The molecule has 1 amide bonds. The van der Waals surface area contributed by atoms with Gasteiger partial charge in [-0.2, -0.15) is 0 Å². The van der Waals surface area contributed by atoms with Gasteiger partial charge in [-0.25, -0.2) is 0 Å². The molecule has 0 radical (unpaired) electrons. The molecule has 0 aliphatic rings. The fourth-order valence-corrected chi connectivity index (χ4v) is 1.14. The molecule has 1 aromatic carbocycles. The minimum atomic E-state index is -0.0260. The molecule has 0 atom stereocenters. The summed E-state index contributed by atoms with van der Waals surface area (Å²) in [5.74, 6) is -0.0260. The molecule has 62 valence electrons. The minimum absolute atomic E-state index is 0.0260. The highest BCUT2D eigenvalue weighted by Crippen LogP contribution is 2.11. The van der Waals surface area contributed by atoms with Crippen molar-refractivity contribution in [2.45, 2.75) is 13.8 Å². The summed E-state index contributed by atoms with van der Waals surface area (Å²) in [4.78, 5) is 10.7. The summed E-state index contributed by atoms with van der Waals surface area (Å²) in [6, 6.07) is 5.95. The molecule has 0 heterocycles. The lowest BCUT2D eigenvalue weighted by Gasteiger charge is -2.06. The quantitative estimate of drug-likeness (QED) is 0.586. The molecule has 0 aliphatic heterocycles. The highest BCUT2D eigenvalue weighted by Gasteiger charge is 1.98. The number of hydrogen-bond acceptors (Lipinski definition) is 1. The van der Waals surface area contributed by atoms with E-state index in [1.165, 1.54) is 12.4 Å². The maximum absolute atomic E-state index is 10.7. The molecule has 1 aromatic rings. The summed E-state index contributed by atoms with van der Waals surface area (Å²) < 4.78 is 0. The van der Waals surface area contributed by atoms with E-state index in [0.717, 1.165) is 11.3 Å². The molecule has 0 aliphatic carbocycles. The molecule has 0 aromatic heterocycles. The van der Waals surface area contributed by atoms with Crippen LogP contribution in [0.3, 0.4) is 0 Å². The molecule has 0 spiro atoms. The summed E-state index contributed by atoms with van der Waals surface area (Å²) in [5.41, 5.74) is 3.21. The lowest BCUT2D eigenvalue weighted by molar-refractivity contribution is -0.114. The van der Waals surface area contributed by atoms with Crippen LogP contribution in [-0.2, 0) is 4.79 Å². The molecule has 3 heteroatoms. The van der Waals surface area contributed by atoms with Gasteiger partial charge >= 0.3 is 0 Å². The van der Waals surface area contributed by atoms with Crippen molar-refractivity contribution in [3.05, 3.63) is 23.8 Å². The third kappa shape index (κ3) is 2.12. The van der Waals surface area contributed by atoms with E-state index < -0.39 is 0 Å². The van der Waals surface area contributed by atoms with Crippen molar-refractivity contribution in [3.8, 4) is 0 Å². The molecule has 0 unspecified atom stereocenters. The first-order chi connectivity index (χ1) is 5.59. The third-order valence-electron chi connectivity index (χ3n) is 1.69. The molecule has 1 N–H and O–H groups in total. The van der Waals surface area contributed by atoms with Crippen molar-refractivity contribution in [2.24, 2.45) is 0 Å². The Balaban J connectivity index is 2.93. The lowest BCUT2D eigenvalue weighted by atomic mass is 9.94. The highest BCUT2D eigenvalue weighted by atomic mass is 16.1. The molecule has 1 rings (SSSR count). The first-order valence-electron chi connectivity index (χ1n) is 3.94. The molecule has 0 bridgehead atoms. The van der Waals surface area contributed by atoms with Crippen LogP contribution in [-0.4, -0.2) is 13.8 Å². The third-order valence-corrected chi connectivity index (χ3v) is 1.69. The number of amides is 1. The Bertz CT molecular complexity index is 309. The van der Waals surface area contributed by atoms with Crippen LogP contribution in [0.2, 0.25) is 0 Å². The number of benzene rings is 1. The predicted molar refractivity (Wildman–Crippen MR) is 53.7 cm³/mol. The average Bonchev–Trinajstić information content (AvgIpc) is 1.94. The molecule has 0 fully saturated rings. The standard InChI is InChI=1S/C9H12BNO/c1-6-5-8(10)3-4-9(6)11-7(2)12/h3-5H,10H2,1-2H3,(H,11,12). The van der Waals surface area contributed by atoms with Gasteiger partial charge in [0.25, 0.3) is 0 Å². The summed E-state index contributed by atoms with van der Waals surface area (Å²) >= 11 is 0. The Hall–Kier alpha value is -1.25. The van der Waals surface area contributed by atoms with E-state index in [9.17, 15) is 4.79 Å². The van der Waals surface area contributed by atoms with E-state index in [0.29, 0.717) is 0 Å². The number of hydrogen-bond donors (Lipinski definition) is 1. The van der Waals surface area contributed by atoms with Gasteiger partial charge in [-0.15, -0.1) is 0 Å². The Morgan fingerprint density at radius 2 is 2.17 bits per heavy atom. The van der Waals surface area contributed by atoms with Gasteiger partial charge in [-0.1, -0.05) is 17.6 Å². The largest absolute Gasteiger partial charge is 0.326 e. The van der Waals surface area contributed by atoms with Crippen molar-refractivity contribution in [3.63, 3.8) is 0 Å². The SMILES string of the molecule is Bc1ccc(NC(C)=O)c(C)c1. The van der Waals surface area contributed by atoms with Crippen LogP contribution >= 0.6 is 0 Å². The summed E-state index contributed by atoms with van der Waals surface area (Å²) in [7, 11) is 2.03. The number of carbonyl (C=O) groups excluding carboxylic acids is 1. The van der Waals surface area contributed by atoms with Gasteiger partial charge in [0.15, 0.2) is 0 Å². The normalized spacial score (nSPS) is 9.50. The second-order valence-corrected chi connectivity index (χ2v) is 3.00. The Labute approximate surface area is 73.4 Å². The Kier molecular flexibility index (Phi) is 2.53. The number of anilines is 1. The van der Waals surface area contributed by atoms with Crippen molar-refractivity contribution in [1.29, 1.82) is 0 Å². The molecule has 2 nitrogen and oxygen atoms in total. The van der Waals surface area contributed by atoms with Crippen molar-refractivity contribution in [2.75, 3.05) is 5.32 Å². The summed E-state index contributed by atoms with van der Waals surface area (Å²) in [6.45, 7) is 3.50. The average molecular weight is 161 g/mol.